The number of nitrogens with zero attached hydrogens (tertiary/aromatic N) is 2. The van der Waals surface area contributed by atoms with Gasteiger partial charge in [-0.15, -0.1) is 0 Å². The molecule has 2 rings (SSSR count). The zero-order valence-corrected chi connectivity index (χ0v) is 11.3. The van der Waals surface area contributed by atoms with E-state index >= 15 is 0 Å². The molecular weight excluding hydrogens is 260 g/mol. The molecule has 1 aliphatic heterocycles. The van der Waals surface area contributed by atoms with Gasteiger partial charge >= 0.3 is 0 Å². The largest absolute Gasteiger partial charge is 0.325 e. The van der Waals surface area contributed by atoms with E-state index in [1.165, 1.54) is 24.3 Å². The third-order valence-electron chi connectivity index (χ3n) is 3.35. The normalized spacial score (nSPS) is 19.6. The van der Waals surface area contributed by atoms with E-state index in [9.17, 15) is 14.9 Å². The number of anilines is 1. The number of nitro groups is 1. The van der Waals surface area contributed by atoms with Crippen LogP contribution >= 0.6 is 0 Å². The predicted molar refractivity (Wildman–Crippen MR) is 75.6 cm³/mol. The molecule has 7 heteroatoms. The fourth-order valence-electron chi connectivity index (χ4n) is 2.17. The van der Waals surface area contributed by atoms with Gasteiger partial charge in [-0.05, 0) is 19.1 Å². The van der Waals surface area contributed by atoms with Crippen molar-refractivity contribution in [2.75, 3.05) is 31.5 Å². The monoisotopic (exact) mass is 278 g/mol. The van der Waals surface area contributed by atoms with E-state index in [0.717, 1.165) is 19.6 Å². The molecule has 1 heterocycles. The first-order valence-corrected chi connectivity index (χ1v) is 6.55. The number of nitrogens with one attached hydrogen (secondary N) is 2. The van der Waals surface area contributed by atoms with E-state index in [2.05, 4.69) is 22.5 Å². The third kappa shape index (κ3) is 3.75. The van der Waals surface area contributed by atoms with Gasteiger partial charge in [0, 0.05) is 43.5 Å². The van der Waals surface area contributed by atoms with Gasteiger partial charge in [0.05, 0.1) is 11.5 Å². The molecule has 7 nitrogen and oxygen atoms in total. The summed E-state index contributed by atoms with van der Waals surface area (Å²) >= 11 is 0. The Kier molecular flexibility index (Phi) is 4.65. The Balaban J connectivity index is 1.89. The second kappa shape index (κ2) is 6.44. The Hall–Kier alpha value is -1.99. The molecule has 0 aliphatic carbocycles. The number of hydrogen-bond donors (Lipinski definition) is 2. The topological polar surface area (TPSA) is 87.5 Å². The summed E-state index contributed by atoms with van der Waals surface area (Å²) in [5, 5.41) is 16.6. The molecule has 2 N–H and O–H groups in total. The van der Waals surface area contributed by atoms with Crippen molar-refractivity contribution in [1.29, 1.82) is 0 Å². The fourth-order valence-corrected chi connectivity index (χ4v) is 2.17. The SMILES string of the molecule is CC1CNCCN1CC(=O)Nc1ccc([N+](=O)[O-])cc1. The van der Waals surface area contributed by atoms with E-state index in [-0.39, 0.29) is 11.6 Å². The molecule has 1 aromatic rings. The van der Waals surface area contributed by atoms with Gasteiger partial charge in [-0.25, -0.2) is 0 Å². The molecule has 0 bridgehead atoms. The van der Waals surface area contributed by atoms with Crippen LogP contribution < -0.4 is 10.6 Å². The van der Waals surface area contributed by atoms with E-state index in [4.69, 9.17) is 0 Å². The van der Waals surface area contributed by atoms with Crippen molar-refractivity contribution >= 4 is 17.3 Å². The zero-order chi connectivity index (χ0) is 14.5. The van der Waals surface area contributed by atoms with Crippen molar-refractivity contribution in [3.05, 3.63) is 34.4 Å². The summed E-state index contributed by atoms with van der Waals surface area (Å²) in [6.45, 7) is 5.01. The zero-order valence-electron chi connectivity index (χ0n) is 11.3. The standard InChI is InChI=1S/C13H18N4O3/c1-10-8-14-6-7-16(10)9-13(18)15-11-2-4-12(5-3-11)17(19)20/h2-5,10,14H,6-9H2,1H3,(H,15,18). The fraction of sp³-hybridized carbons (Fsp3) is 0.462. The molecule has 1 aliphatic rings. The molecule has 0 saturated carbocycles. The van der Waals surface area contributed by atoms with Crippen LogP contribution in [0.1, 0.15) is 6.92 Å². The Bertz CT molecular complexity index is 489. The molecule has 1 aromatic carbocycles. The molecule has 0 aromatic heterocycles. The van der Waals surface area contributed by atoms with Gasteiger partial charge in [-0.1, -0.05) is 0 Å². The maximum Gasteiger partial charge on any atom is 0.269 e. The molecule has 108 valence electrons. The number of carbonyl (C=O) groups excluding carboxylic acids is 1. The highest BCUT2D eigenvalue weighted by Crippen LogP contribution is 2.15. The Morgan fingerprint density at radius 2 is 2.20 bits per heavy atom. The number of amides is 1. The lowest BCUT2D eigenvalue weighted by Gasteiger charge is -2.33. The summed E-state index contributed by atoms with van der Waals surface area (Å²) in [5.74, 6) is -0.104. The van der Waals surface area contributed by atoms with Crippen LogP contribution in [0.2, 0.25) is 0 Å². The first-order chi connectivity index (χ1) is 9.56. The van der Waals surface area contributed by atoms with E-state index < -0.39 is 4.92 Å². The van der Waals surface area contributed by atoms with Crippen LogP contribution in [0.15, 0.2) is 24.3 Å². The van der Waals surface area contributed by atoms with Crippen LogP contribution in [-0.4, -0.2) is 48.0 Å². The van der Waals surface area contributed by atoms with Crippen LogP contribution in [-0.2, 0) is 4.79 Å². The van der Waals surface area contributed by atoms with Crippen molar-refractivity contribution in [2.24, 2.45) is 0 Å². The first-order valence-electron chi connectivity index (χ1n) is 6.55. The third-order valence-corrected chi connectivity index (χ3v) is 3.35. The second-order valence-electron chi connectivity index (χ2n) is 4.88. The lowest BCUT2D eigenvalue weighted by atomic mass is 10.2. The minimum Gasteiger partial charge on any atom is -0.325 e. The van der Waals surface area contributed by atoms with Gasteiger partial charge in [0.1, 0.15) is 0 Å². The average molecular weight is 278 g/mol. The van der Waals surface area contributed by atoms with Gasteiger partial charge in [0.15, 0.2) is 0 Å². The second-order valence-corrected chi connectivity index (χ2v) is 4.88. The molecule has 1 unspecified atom stereocenters. The number of benzene rings is 1. The quantitative estimate of drug-likeness (QED) is 0.629. The van der Waals surface area contributed by atoms with Crippen molar-refractivity contribution in [1.82, 2.24) is 10.2 Å². The summed E-state index contributed by atoms with van der Waals surface area (Å²) in [4.78, 5) is 24.1. The predicted octanol–water partition coefficient (Wildman–Crippen LogP) is 0.827. The summed E-state index contributed by atoms with van der Waals surface area (Å²) in [5.41, 5.74) is 0.585. The highest BCUT2D eigenvalue weighted by Gasteiger charge is 2.20. The molecule has 1 amide bonds. The Labute approximate surface area is 117 Å². The maximum absolute atomic E-state index is 11.9. The summed E-state index contributed by atoms with van der Waals surface area (Å²) in [7, 11) is 0. The number of nitro benzene ring substituents is 1. The van der Waals surface area contributed by atoms with E-state index in [0.29, 0.717) is 18.3 Å². The molecule has 0 spiro atoms. The molecule has 1 atom stereocenters. The van der Waals surface area contributed by atoms with Crippen molar-refractivity contribution in [3.8, 4) is 0 Å². The average Bonchev–Trinajstić information content (AvgIpc) is 2.42. The highest BCUT2D eigenvalue weighted by molar-refractivity contribution is 5.92. The van der Waals surface area contributed by atoms with E-state index in [1.54, 1.807) is 0 Å². The molecular formula is C13H18N4O3. The Morgan fingerprint density at radius 1 is 1.50 bits per heavy atom. The van der Waals surface area contributed by atoms with Gasteiger partial charge in [-0.2, -0.15) is 0 Å². The van der Waals surface area contributed by atoms with Crippen molar-refractivity contribution in [3.63, 3.8) is 0 Å². The molecule has 1 saturated heterocycles. The van der Waals surface area contributed by atoms with Gasteiger partial charge < -0.3 is 10.6 Å². The van der Waals surface area contributed by atoms with Crippen LogP contribution in [0.25, 0.3) is 0 Å². The minimum atomic E-state index is -0.464. The Morgan fingerprint density at radius 3 is 2.80 bits per heavy atom. The summed E-state index contributed by atoms with van der Waals surface area (Å²) in [6.07, 6.45) is 0. The molecule has 20 heavy (non-hydrogen) atoms. The van der Waals surface area contributed by atoms with Gasteiger partial charge in [0.2, 0.25) is 5.91 Å². The number of hydrogen-bond acceptors (Lipinski definition) is 5. The lowest BCUT2D eigenvalue weighted by molar-refractivity contribution is -0.384. The molecule has 1 fully saturated rings. The van der Waals surface area contributed by atoms with Crippen LogP contribution in [0.4, 0.5) is 11.4 Å². The molecule has 0 radical (unpaired) electrons. The van der Waals surface area contributed by atoms with Crippen molar-refractivity contribution in [2.45, 2.75) is 13.0 Å². The lowest BCUT2D eigenvalue weighted by Crippen LogP contribution is -2.51. The number of non-ortho nitro benzene ring substituents is 1. The maximum atomic E-state index is 11.9. The number of piperazine rings is 1. The number of carbonyl (C=O) groups is 1. The van der Waals surface area contributed by atoms with Crippen molar-refractivity contribution < 1.29 is 9.72 Å². The number of rotatable bonds is 4. The summed E-state index contributed by atoms with van der Waals surface area (Å²) < 4.78 is 0. The van der Waals surface area contributed by atoms with Crippen LogP contribution in [0.3, 0.4) is 0 Å². The van der Waals surface area contributed by atoms with Crippen LogP contribution in [0.5, 0.6) is 0 Å². The van der Waals surface area contributed by atoms with Crippen LogP contribution in [0, 0.1) is 10.1 Å². The highest BCUT2D eigenvalue weighted by atomic mass is 16.6. The summed E-state index contributed by atoms with van der Waals surface area (Å²) in [6, 6.07) is 6.16. The minimum absolute atomic E-state index is 0.0127. The van der Waals surface area contributed by atoms with Gasteiger partial charge in [-0.3, -0.25) is 19.8 Å². The van der Waals surface area contributed by atoms with E-state index in [1.807, 2.05) is 0 Å². The van der Waals surface area contributed by atoms with Gasteiger partial charge in [0.25, 0.3) is 5.69 Å². The first kappa shape index (κ1) is 14.4. The smallest absolute Gasteiger partial charge is 0.269 e.